The van der Waals surface area contributed by atoms with Crippen molar-refractivity contribution in [2.24, 2.45) is 11.7 Å². The summed E-state index contributed by atoms with van der Waals surface area (Å²) >= 11 is 0. The number of sulfone groups is 1. The van der Waals surface area contributed by atoms with Crippen LogP contribution in [0.25, 0.3) is 0 Å². The van der Waals surface area contributed by atoms with Crippen LogP contribution in [-0.2, 0) is 9.84 Å². The van der Waals surface area contributed by atoms with E-state index in [1.54, 1.807) is 6.08 Å². The summed E-state index contributed by atoms with van der Waals surface area (Å²) in [6.45, 7) is 3.95. The van der Waals surface area contributed by atoms with Crippen molar-refractivity contribution in [3.63, 3.8) is 0 Å². The highest BCUT2D eigenvalue weighted by molar-refractivity contribution is 7.94. The second-order valence-corrected chi connectivity index (χ2v) is 6.58. The zero-order valence-electron chi connectivity index (χ0n) is 8.96. The summed E-state index contributed by atoms with van der Waals surface area (Å²) in [5.74, 6) is 0.699. The molecule has 2 aliphatic rings. The maximum atomic E-state index is 11.3. The van der Waals surface area contributed by atoms with Crippen LogP contribution >= 0.6 is 0 Å². The van der Waals surface area contributed by atoms with Gasteiger partial charge in [-0.25, -0.2) is 8.42 Å². The summed E-state index contributed by atoms with van der Waals surface area (Å²) in [7, 11) is -2.93. The molecule has 0 spiro atoms. The third-order valence-corrected chi connectivity index (χ3v) is 4.76. The molecule has 0 aromatic rings. The van der Waals surface area contributed by atoms with Crippen molar-refractivity contribution in [1.29, 1.82) is 0 Å². The minimum absolute atomic E-state index is 0.0740. The molecule has 1 saturated heterocycles. The summed E-state index contributed by atoms with van der Waals surface area (Å²) in [4.78, 5) is 2.23. The Bertz CT molecular complexity index is 364. The number of nitrogens with zero attached hydrogens (tertiary/aromatic N) is 1. The second kappa shape index (κ2) is 3.88. The maximum Gasteiger partial charge on any atom is 0.173 e. The molecule has 3 atom stereocenters. The summed E-state index contributed by atoms with van der Waals surface area (Å²) in [6, 6.07) is 0.341. The molecular weight excluding hydrogens is 212 g/mol. The van der Waals surface area contributed by atoms with Crippen LogP contribution in [-0.4, -0.2) is 44.2 Å². The predicted octanol–water partition coefficient (Wildman–Crippen LogP) is -0.0338. The molecule has 1 fully saturated rings. The lowest BCUT2D eigenvalue weighted by Crippen LogP contribution is -2.49. The van der Waals surface area contributed by atoms with E-state index in [0.717, 1.165) is 19.5 Å². The highest BCUT2D eigenvalue weighted by Gasteiger charge is 2.31. The van der Waals surface area contributed by atoms with Crippen molar-refractivity contribution in [2.75, 3.05) is 18.8 Å². The number of rotatable bonds is 1. The fourth-order valence-corrected chi connectivity index (χ4v) is 3.61. The number of hydrogen-bond donors (Lipinski definition) is 1. The molecule has 5 heteroatoms. The highest BCUT2D eigenvalue weighted by atomic mass is 32.2. The lowest BCUT2D eigenvalue weighted by Gasteiger charge is -2.37. The molecule has 2 N–H and O–H groups in total. The molecule has 0 aromatic carbocycles. The molecule has 2 rings (SSSR count). The van der Waals surface area contributed by atoms with Crippen LogP contribution in [0.5, 0.6) is 0 Å². The average molecular weight is 230 g/mol. The van der Waals surface area contributed by atoms with Gasteiger partial charge in [0.1, 0.15) is 0 Å². The third-order valence-electron chi connectivity index (χ3n) is 3.38. The van der Waals surface area contributed by atoms with Crippen LogP contribution in [0.2, 0.25) is 0 Å². The van der Waals surface area contributed by atoms with E-state index < -0.39 is 9.84 Å². The van der Waals surface area contributed by atoms with Crippen molar-refractivity contribution in [2.45, 2.75) is 25.4 Å². The van der Waals surface area contributed by atoms with Crippen molar-refractivity contribution in [3.05, 3.63) is 11.5 Å². The van der Waals surface area contributed by atoms with Gasteiger partial charge in [0.25, 0.3) is 0 Å². The van der Waals surface area contributed by atoms with Crippen molar-refractivity contribution < 1.29 is 8.42 Å². The fourth-order valence-electron chi connectivity index (χ4n) is 2.28. The third kappa shape index (κ3) is 2.41. The van der Waals surface area contributed by atoms with Crippen LogP contribution in [0.3, 0.4) is 0 Å². The van der Waals surface area contributed by atoms with Gasteiger partial charge in [0, 0.05) is 30.6 Å². The summed E-state index contributed by atoms with van der Waals surface area (Å²) in [5.41, 5.74) is 5.93. The molecular formula is C10H18N2O2S. The van der Waals surface area contributed by atoms with Gasteiger partial charge in [-0.05, 0) is 12.3 Å². The molecule has 2 heterocycles. The Balaban J connectivity index is 2.00. The van der Waals surface area contributed by atoms with Crippen LogP contribution in [0, 0.1) is 5.92 Å². The number of nitrogens with two attached hydrogens (primary N) is 1. The Morgan fingerprint density at radius 1 is 1.47 bits per heavy atom. The lowest BCUT2D eigenvalue weighted by atomic mass is 9.94. The van der Waals surface area contributed by atoms with Crippen molar-refractivity contribution >= 4 is 9.84 Å². The zero-order chi connectivity index (χ0) is 11.1. The number of piperidine rings is 1. The normalized spacial score (nSPS) is 40.8. The first-order chi connectivity index (χ1) is 6.98. The van der Waals surface area contributed by atoms with Gasteiger partial charge in [-0.15, -0.1) is 0 Å². The van der Waals surface area contributed by atoms with E-state index in [1.165, 1.54) is 5.41 Å². The molecule has 0 radical (unpaired) electrons. The van der Waals surface area contributed by atoms with E-state index in [4.69, 9.17) is 5.73 Å². The Kier molecular flexibility index (Phi) is 2.87. The van der Waals surface area contributed by atoms with E-state index in [2.05, 4.69) is 11.8 Å². The minimum atomic E-state index is -2.93. The largest absolute Gasteiger partial charge is 0.327 e. The first kappa shape index (κ1) is 11.1. The Morgan fingerprint density at radius 2 is 2.20 bits per heavy atom. The average Bonchev–Trinajstić information content (AvgIpc) is 2.51. The van der Waals surface area contributed by atoms with Gasteiger partial charge >= 0.3 is 0 Å². The van der Waals surface area contributed by atoms with Gasteiger partial charge in [-0.2, -0.15) is 0 Å². The van der Waals surface area contributed by atoms with Gasteiger partial charge in [0.2, 0.25) is 0 Å². The summed E-state index contributed by atoms with van der Waals surface area (Å²) in [5, 5.41) is 1.34. The SMILES string of the molecule is CC1CN(C2C=CS(=O)(=O)C2)CCC1N. The van der Waals surface area contributed by atoms with E-state index in [9.17, 15) is 8.42 Å². The summed E-state index contributed by atoms with van der Waals surface area (Å²) in [6.07, 6.45) is 2.77. The van der Waals surface area contributed by atoms with Gasteiger partial charge in [-0.3, -0.25) is 4.90 Å². The lowest BCUT2D eigenvalue weighted by molar-refractivity contribution is 0.146. The summed E-state index contributed by atoms with van der Waals surface area (Å²) < 4.78 is 22.6. The minimum Gasteiger partial charge on any atom is -0.327 e. The van der Waals surface area contributed by atoms with Gasteiger partial charge in [-0.1, -0.05) is 13.0 Å². The first-order valence-corrected chi connectivity index (χ1v) is 7.10. The second-order valence-electron chi connectivity index (χ2n) is 4.65. The van der Waals surface area contributed by atoms with E-state index in [1.807, 2.05) is 0 Å². The van der Waals surface area contributed by atoms with Gasteiger partial charge in [0.15, 0.2) is 9.84 Å². The zero-order valence-corrected chi connectivity index (χ0v) is 9.78. The molecule has 15 heavy (non-hydrogen) atoms. The quantitative estimate of drug-likeness (QED) is 0.687. The number of hydrogen-bond acceptors (Lipinski definition) is 4. The fraction of sp³-hybridized carbons (Fsp3) is 0.800. The first-order valence-electron chi connectivity index (χ1n) is 5.38. The molecule has 0 aliphatic carbocycles. The van der Waals surface area contributed by atoms with Gasteiger partial charge in [0.05, 0.1) is 5.75 Å². The smallest absolute Gasteiger partial charge is 0.173 e. The standard InChI is InChI=1S/C10H18N2O2S/c1-8-6-12(4-2-10(8)11)9-3-5-15(13,14)7-9/h3,5,8-10H,2,4,6-7,11H2,1H3. The molecule has 0 saturated carbocycles. The molecule has 2 aliphatic heterocycles. The maximum absolute atomic E-state index is 11.3. The van der Waals surface area contributed by atoms with Crippen LogP contribution in [0.4, 0.5) is 0 Å². The molecule has 0 bridgehead atoms. The Hall–Kier alpha value is -0.390. The van der Waals surface area contributed by atoms with Crippen molar-refractivity contribution in [1.82, 2.24) is 4.90 Å². The van der Waals surface area contributed by atoms with E-state index in [-0.39, 0.29) is 17.8 Å². The Labute approximate surface area is 91.0 Å². The monoisotopic (exact) mass is 230 g/mol. The van der Waals surface area contributed by atoms with E-state index in [0.29, 0.717) is 5.92 Å². The molecule has 3 unspecified atom stereocenters. The van der Waals surface area contributed by atoms with Crippen LogP contribution in [0.15, 0.2) is 11.5 Å². The molecule has 0 aromatic heterocycles. The van der Waals surface area contributed by atoms with E-state index >= 15 is 0 Å². The predicted molar refractivity (Wildman–Crippen MR) is 60.0 cm³/mol. The molecule has 86 valence electrons. The van der Waals surface area contributed by atoms with Crippen LogP contribution < -0.4 is 5.73 Å². The molecule has 4 nitrogen and oxygen atoms in total. The number of likely N-dealkylation sites (tertiary alicyclic amines) is 1. The highest BCUT2D eigenvalue weighted by Crippen LogP contribution is 2.21. The van der Waals surface area contributed by atoms with Crippen molar-refractivity contribution in [3.8, 4) is 0 Å². The molecule has 0 amide bonds. The topological polar surface area (TPSA) is 63.4 Å². The Morgan fingerprint density at radius 3 is 2.73 bits per heavy atom. The van der Waals surface area contributed by atoms with Gasteiger partial charge < -0.3 is 5.73 Å². The van der Waals surface area contributed by atoms with Crippen LogP contribution in [0.1, 0.15) is 13.3 Å².